The smallest absolute Gasteiger partial charge is 0.153 e. The first-order valence-corrected chi connectivity index (χ1v) is 10.6. The number of fused-ring (bicyclic) bond motifs is 5. The van der Waals surface area contributed by atoms with E-state index >= 15 is 0 Å². The number of benzene rings is 4. The Labute approximate surface area is 186 Å². The van der Waals surface area contributed by atoms with Crippen LogP contribution in [-0.4, -0.2) is 24.7 Å². The van der Waals surface area contributed by atoms with Gasteiger partial charge >= 0.3 is 0 Å². The quantitative estimate of drug-likeness (QED) is 0.317. The lowest BCUT2D eigenvalue weighted by molar-refractivity contribution is 0.629. The number of nitrogens with one attached hydrogen (secondary N) is 2. The summed E-state index contributed by atoms with van der Waals surface area (Å²) in [6.45, 7) is 0. The molecule has 33 heavy (non-hydrogen) atoms. The molecule has 0 unspecified atom stereocenters. The van der Waals surface area contributed by atoms with Crippen molar-refractivity contribution >= 4 is 49.6 Å². The predicted molar refractivity (Wildman–Crippen MR) is 130 cm³/mol. The zero-order valence-electron chi connectivity index (χ0n) is 17.3. The van der Waals surface area contributed by atoms with Gasteiger partial charge in [-0.1, -0.05) is 30.3 Å². The fourth-order valence-corrected chi connectivity index (χ4v) is 4.77. The van der Waals surface area contributed by atoms with Gasteiger partial charge in [0, 0.05) is 27.4 Å². The number of para-hydroxylation sites is 1. The van der Waals surface area contributed by atoms with E-state index in [4.69, 9.17) is 10.7 Å². The van der Waals surface area contributed by atoms with Crippen molar-refractivity contribution in [2.75, 3.05) is 5.73 Å². The Hall–Kier alpha value is -4.65. The fourth-order valence-electron chi connectivity index (χ4n) is 4.77. The number of hydrogen-bond donors (Lipinski definition) is 3. The molecular formula is C26H17FN6. The third kappa shape index (κ3) is 2.53. The second kappa shape index (κ2) is 6.43. The number of rotatable bonds is 2. The summed E-state index contributed by atoms with van der Waals surface area (Å²) in [7, 11) is 0. The molecule has 3 heterocycles. The van der Waals surface area contributed by atoms with Crippen molar-refractivity contribution in [3.8, 4) is 17.1 Å². The minimum Gasteiger partial charge on any atom is -0.382 e. The summed E-state index contributed by atoms with van der Waals surface area (Å²) in [5, 5.41) is 10.2. The number of aromatic nitrogens is 5. The summed E-state index contributed by atoms with van der Waals surface area (Å²) in [5.41, 5.74) is 12.3. The molecule has 7 rings (SSSR count). The maximum atomic E-state index is 13.7. The van der Waals surface area contributed by atoms with Gasteiger partial charge in [-0.25, -0.2) is 9.37 Å². The molecule has 0 fully saturated rings. The lowest BCUT2D eigenvalue weighted by Gasteiger charge is -2.08. The molecule has 0 aliphatic rings. The standard InChI is InChI=1S/C26H17FN6/c27-14-8-11-19-21(12-14)30-26(29-19)18-5-3-7-23-24(18)17-4-1-2-6-22(17)33(23)15-9-10-16-20(13-15)31-32-25(16)28/h1-13H,(H,29,30)(H3,28,31,32). The number of imidazole rings is 1. The molecule has 0 aliphatic carbocycles. The predicted octanol–water partition coefficient (Wildman–Crippen LogP) is 5.92. The van der Waals surface area contributed by atoms with Crippen LogP contribution < -0.4 is 5.73 Å². The van der Waals surface area contributed by atoms with Crippen LogP contribution in [0.5, 0.6) is 0 Å². The van der Waals surface area contributed by atoms with Gasteiger partial charge in [0.1, 0.15) is 11.6 Å². The molecule has 0 saturated carbocycles. The van der Waals surface area contributed by atoms with Crippen LogP contribution in [0.25, 0.3) is 60.8 Å². The van der Waals surface area contributed by atoms with Crippen molar-refractivity contribution in [1.29, 1.82) is 0 Å². The highest BCUT2D eigenvalue weighted by Gasteiger charge is 2.18. The van der Waals surface area contributed by atoms with Crippen LogP contribution in [0, 0.1) is 5.82 Å². The number of anilines is 1. The van der Waals surface area contributed by atoms with Crippen LogP contribution in [0.4, 0.5) is 10.2 Å². The highest BCUT2D eigenvalue weighted by molar-refractivity contribution is 6.15. The van der Waals surface area contributed by atoms with E-state index < -0.39 is 0 Å². The number of aromatic amines is 2. The average Bonchev–Trinajstić information content (AvgIpc) is 3.52. The van der Waals surface area contributed by atoms with E-state index in [1.165, 1.54) is 12.1 Å². The summed E-state index contributed by atoms with van der Waals surface area (Å²) in [5.74, 6) is 0.908. The van der Waals surface area contributed by atoms with Gasteiger partial charge in [0.05, 0.1) is 27.6 Å². The second-order valence-electron chi connectivity index (χ2n) is 8.14. The number of nitrogens with two attached hydrogens (primary N) is 1. The van der Waals surface area contributed by atoms with E-state index in [1.54, 1.807) is 6.07 Å². The minimum absolute atomic E-state index is 0.289. The van der Waals surface area contributed by atoms with E-state index in [0.717, 1.165) is 49.5 Å². The molecule has 4 N–H and O–H groups in total. The van der Waals surface area contributed by atoms with Crippen molar-refractivity contribution in [2.45, 2.75) is 0 Å². The van der Waals surface area contributed by atoms with E-state index in [-0.39, 0.29) is 5.82 Å². The zero-order valence-corrected chi connectivity index (χ0v) is 17.3. The third-order valence-electron chi connectivity index (χ3n) is 6.23. The Bertz CT molecular complexity index is 1860. The van der Waals surface area contributed by atoms with Crippen LogP contribution in [0.15, 0.2) is 78.9 Å². The summed E-state index contributed by atoms with van der Waals surface area (Å²) < 4.78 is 16.0. The van der Waals surface area contributed by atoms with Crippen molar-refractivity contribution < 1.29 is 4.39 Å². The van der Waals surface area contributed by atoms with Gasteiger partial charge < -0.3 is 15.3 Å². The molecule has 0 saturated heterocycles. The van der Waals surface area contributed by atoms with Gasteiger partial charge in [-0.3, -0.25) is 5.10 Å². The number of nitrogens with zero attached hydrogens (tertiary/aromatic N) is 3. The molecule has 0 amide bonds. The number of H-pyrrole nitrogens is 2. The molecule has 3 aromatic heterocycles. The fraction of sp³-hybridized carbons (Fsp3) is 0. The molecule has 0 bridgehead atoms. The Balaban J connectivity index is 1.56. The van der Waals surface area contributed by atoms with Gasteiger partial charge in [-0.05, 0) is 48.5 Å². The average molecular weight is 432 g/mol. The normalized spacial score (nSPS) is 11.9. The summed E-state index contributed by atoms with van der Waals surface area (Å²) in [4.78, 5) is 8.05. The number of hydrogen-bond acceptors (Lipinski definition) is 3. The van der Waals surface area contributed by atoms with Crippen LogP contribution in [0.2, 0.25) is 0 Å². The van der Waals surface area contributed by atoms with Crippen LogP contribution in [0.1, 0.15) is 0 Å². The highest BCUT2D eigenvalue weighted by atomic mass is 19.1. The first-order valence-electron chi connectivity index (χ1n) is 10.6. The largest absolute Gasteiger partial charge is 0.382 e. The lowest BCUT2D eigenvalue weighted by atomic mass is 10.1. The van der Waals surface area contributed by atoms with E-state index in [1.807, 2.05) is 30.3 Å². The van der Waals surface area contributed by atoms with Gasteiger partial charge in [0.25, 0.3) is 0 Å². The van der Waals surface area contributed by atoms with E-state index in [0.29, 0.717) is 17.2 Å². The molecule has 0 spiro atoms. The van der Waals surface area contributed by atoms with Crippen molar-refractivity contribution in [1.82, 2.24) is 24.7 Å². The van der Waals surface area contributed by atoms with Crippen molar-refractivity contribution in [2.24, 2.45) is 0 Å². The molecule has 0 radical (unpaired) electrons. The molecule has 6 nitrogen and oxygen atoms in total. The molecule has 0 atom stereocenters. The van der Waals surface area contributed by atoms with Gasteiger partial charge in [-0.2, -0.15) is 5.10 Å². The highest BCUT2D eigenvalue weighted by Crippen LogP contribution is 2.38. The summed E-state index contributed by atoms with van der Waals surface area (Å²) in [6.07, 6.45) is 0. The van der Waals surface area contributed by atoms with E-state index in [2.05, 4.69) is 50.1 Å². The van der Waals surface area contributed by atoms with E-state index in [9.17, 15) is 4.39 Å². The van der Waals surface area contributed by atoms with Crippen LogP contribution in [-0.2, 0) is 0 Å². The number of nitrogen functional groups attached to an aromatic ring is 1. The molecular weight excluding hydrogens is 415 g/mol. The summed E-state index contributed by atoms with van der Waals surface area (Å²) >= 11 is 0. The van der Waals surface area contributed by atoms with Crippen LogP contribution >= 0.6 is 0 Å². The maximum Gasteiger partial charge on any atom is 0.153 e. The molecule has 7 aromatic rings. The monoisotopic (exact) mass is 432 g/mol. The Morgan fingerprint density at radius 2 is 1.70 bits per heavy atom. The molecule has 0 aliphatic heterocycles. The lowest BCUT2D eigenvalue weighted by Crippen LogP contribution is -1.94. The van der Waals surface area contributed by atoms with Gasteiger partial charge in [0.15, 0.2) is 5.82 Å². The number of halogens is 1. The first kappa shape index (κ1) is 18.0. The Kier molecular flexibility index (Phi) is 3.50. The van der Waals surface area contributed by atoms with Gasteiger partial charge in [0.2, 0.25) is 0 Å². The first-order chi connectivity index (χ1) is 16.2. The topological polar surface area (TPSA) is 88.3 Å². The second-order valence-corrected chi connectivity index (χ2v) is 8.14. The van der Waals surface area contributed by atoms with Crippen LogP contribution in [0.3, 0.4) is 0 Å². The maximum absolute atomic E-state index is 13.7. The van der Waals surface area contributed by atoms with Gasteiger partial charge in [-0.15, -0.1) is 0 Å². The molecule has 7 heteroatoms. The summed E-state index contributed by atoms with van der Waals surface area (Å²) in [6, 6.07) is 25.2. The Morgan fingerprint density at radius 1 is 0.818 bits per heavy atom. The third-order valence-corrected chi connectivity index (χ3v) is 6.23. The zero-order chi connectivity index (χ0) is 22.1. The minimum atomic E-state index is -0.289. The van der Waals surface area contributed by atoms with Crippen molar-refractivity contribution in [3.63, 3.8) is 0 Å². The van der Waals surface area contributed by atoms with Crippen molar-refractivity contribution in [3.05, 3.63) is 84.7 Å². The SMILES string of the molecule is Nc1n[nH]c2cc(-n3c4ccccc4c4c(-c5nc6ccc(F)cc6[nH]5)cccc43)ccc12. The Morgan fingerprint density at radius 3 is 2.64 bits per heavy atom. The molecule has 158 valence electrons. The molecule has 4 aromatic carbocycles.